The minimum Gasteiger partial charge on any atom is -0.357 e. The second kappa shape index (κ2) is 7.15. The third-order valence-corrected chi connectivity index (χ3v) is 3.77. The summed E-state index contributed by atoms with van der Waals surface area (Å²) in [6.07, 6.45) is 1.26. The van der Waals surface area contributed by atoms with Crippen molar-refractivity contribution in [1.82, 2.24) is 15.7 Å². The third-order valence-electron chi connectivity index (χ3n) is 3.77. The lowest BCUT2D eigenvalue weighted by Crippen LogP contribution is -2.46. The van der Waals surface area contributed by atoms with Crippen molar-refractivity contribution in [2.75, 3.05) is 7.05 Å². The summed E-state index contributed by atoms with van der Waals surface area (Å²) in [5.41, 5.74) is 4.20. The first-order valence-electron chi connectivity index (χ1n) is 7.07. The summed E-state index contributed by atoms with van der Waals surface area (Å²) in [5, 5.41) is 11.3. The van der Waals surface area contributed by atoms with Gasteiger partial charge in [0, 0.05) is 32.1 Å². The number of nitrogens with one attached hydrogen (secondary N) is 2. The average Bonchev–Trinajstić information content (AvgIpc) is 2.85. The van der Waals surface area contributed by atoms with Gasteiger partial charge in [-0.2, -0.15) is 0 Å². The van der Waals surface area contributed by atoms with Crippen molar-refractivity contribution in [2.45, 2.75) is 32.0 Å². The van der Waals surface area contributed by atoms with Gasteiger partial charge in [-0.25, -0.2) is 5.48 Å². The number of amides is 2. The summed E-state index contributed by atoms with van der Waals surface area (Å²) in [6, 6.07) is 4.69. The molecule has 0 saturated carbocycles. The fraction of sp³-hybridized carbons (Fsp3) is 0.400. The number of aldehydes is 1. The Morgan fingerprint density at radius 3 is 2.91 bits per heavy atom. The Hall–Kier alpha value is -2.25. The molecule has 0 fully saturated rings. The van der Waals surface area contributed by atoms with Crippen LogP contribution in [0, 0.1) is 0 Å². The Kier molecular flexibility index (Phi) is 5.24. The van der Waals surface area contributed by atoms with E-state index in [-0.39, 0.29) is 24.8 Å². The minimum atomic E-state index is -0.658. The Bertz CT molecular complexity index is 588. The van der Waals surface area contributed by atoms with Crippen LogP contribution in [0.25, 0.3) is 0 Å². The van der Waals surface area contributed by atoms with E-state index in [4.69, 9.17) is 5.21 Å². The van der Waals surface area contributed by atoms with Crippen molar-refractivity contribution < 1.29 is 19.6 Å². The van der Waals surface area contributed by atoms with Crippen LogP contribution in [0.15, 0.2) is 18.2 Å². The number of fused-ring (bicyclic) bond motifs is 1. The predicted octanol–water partition coefficient (Wildman–Crippen LogP) is 0.215. The van der Waals surface area contributed by atoms with Crippen LogP contribution >= 0.6 is 0 Å². The van der Waals surface area contributed by atoms with Gasteiger partial charge in [0.1, 0.15) is 12.3 Å². The Morgan fingerprint density at radius 2 is 2.27 bits per heavy atom. The summed E-state index contributed by atoms with van der Waals surface area (Å²) in [7, 11) is 1.51. The van der Waals surface area contributed by atoms with Crippen LogP contribution in [-0.2, 0) is 22.7 Å². The first kappa shape index (κ1) is 16.1. The molecular weight excluding hydrogens is 286 g/mol. The second-order valence-corrected chi connectivity index (χ2v) is 5.13. The molecule has 0 saturated heterocycles. The molecule has 1 atom stereocenters. The zero-order chi connectivity index (χ0) is 16.1. The van der Waals surface area contributed by atoms with E-state index in [9.17, 15) is 14.4 Å². The molecular formula is C15H19N3O4. The lowest BCUT2D eigenvalue weighted by molar-refractivity contribution is -0.125. The van der Waals surface area contributed by atoms with Gasteiger partial charge in [0.2, 0.25) is 5.91 Å². The quantitative estimate of drug-likeness (QED) is 0.494. The largest absolute Gasteiger partial charge is 0.357 e. The molecule has 1 aromatic carbocycles. The summed E-state index contributed by atoms with van der Waals surface area (Å²) in [4.78, 5) is 36.6. The molecule has 118 valence electrons. The van der Waals surface area contributed by atoms with Crippen LogP contribution < -0.4 is 10.8 Å². The molecule has 1 aliphatic heterocycles. The Labute approximate surface area is 128 Å². The number of hydrogen-bond acceptors (Lipinski definition) is 5. The van der Waals surface area contributed by atoms with Gasteiger partial charge < -0.3 is 20.2 Å². The Morgan fingerprint density at radius 1 is 1.50 bits per heavy atom. The first-order valence-corrected chi connectivity index (χ1v) is 7.07. The summed E-state index contributed by atoms with van der Waals surface area (Å²) >= 11 is 0. The van der Waals surface area contributed by atoms with Crippen molar-refractivity contribution in [2.24, 2.45) is 0 Å². The van der Waals surface area contributed by atoms with E-state index in [2.05, 4.69) is 10.8 Å². The summed E-state index contributed by atoms with van der Waals surface area (Å²) in [6.45, 7) is 0.586. The number of benzene rings is 1. The van der Waals surface area contributed by atoms with Crippen molar-refractivity contribution >= 4 is 18.1 Å². The molecule has 7 heteroatoms. The first-order chi connectivity index (χ1) is 10.6. The van der Waals surface area contributed by atoms with Gasteiger partial charge in [-0.15, -0.1) is 0 Å². The summed E-state index contributed by atoms with van der Waals surface area (Å²) < 4.78 is 0. The van der Waals surface area contributed by atoms with Crippen LogP contribution in [-0.4, -0.2) is 41.3 Å². The highest BCUT2D eigenvalue weighted by molar-refractivity contribution is 6.01. The van der Waals surface area contributed by atoms with Gasteiger partial charge in [0.05, 0.1) is 0 Å². The van der Waals surface area contributed by atoms with Crippen LogP contribution in [0.1, 0.15) is 34.3 Å². The number of likely N-dealkylation sites (N-methyl/N-ethyl adjacent to an activating group) is 1. The van der Waals surface area contributed by atoms with Gasteiger partial charge in [0.25, 0.3) is 5.91 Å². The van der Waals surface area contributed by atoms with E-state index in [0.29, 0.717) is 18.5 Å². The fourth-order valence-electron chi connectivity index (χ4n) is 2.64. The molecule has 0 bridgehead atoms. The highest BCUT2D eigenvalue weighted by atomic mass is 16.5. The smallest absolute Gasteiger partial charge is 0.255 e. The molecule has 0 spiro atoms. The predicted molar refractivity (Wildman–Crippen MR) is 78.1 cm³/mol. The van der Waals surface area contributed by atoms with E-state index in [0.717, 1.165) is 17.4 Å². The van der Waals surface area contributed by atoms with Gasteiger partial charge in [-0.05, 0) is 23.6 Å². The fourth-order valence-corrected chi connectivity index (χ4v) is 2.64. The van der Waals surface area contributed by atoms with E-state index < -0.39 is 6.04 Å². The van der Waals surface area contributed by atoms with Crippen molar-refractivity contribution in [1.29, 1.82) is 0 Å². The highest BCUT2D eigenvalue weighted by Gasteiger charge is 2.35. The van der Waals surface area contributed by atoms with E-state index in [1.54, 1.807) is 6.07 Å². The van der Waals surface area contributed by atoms with Crippen molar-refractivity contribution in [3.63, 3.8) is 0 Å². The average molecular weight is 305 g/mol. The van der Waals surface area contributed by atoms with Gasteiger partial charge in [0.15, 0.2) is 0 Å². The van der Waals surface area contributed by atoms with E-state index in [1.165, 1.54) is 11.9 Å². The monoisotopic (exact) mass is 305 g/mol. The topological polar surface area (TPSA) is 98.7 Å². The number of hydrogen-bond donors (Lipinski definition) is 3. The number of nitrogens with zero attached hydrogens (tertiary/aromatic N) is 1. The van der Waals surface area contributed by atoms with Gasteiger partial charge in [-0.1, -0.05) is 12.1 Å². The number of hydroxylamine groups is 1. The molecule has 0 aliphatic carbocycles. The molecule has 1 heterocycles. The number of carbonyl (C=O) groups is 3. The molecule has 3 N–H and O–H groups in total. The molecule has 1 aliphatic rings. The highest BCUT2D eigenvalue weighted by Crippen LogP contribution is 2.27. The summed E-state index contributed by atoms with van der Waals surface area (Å²) in [5.74, 6) is -0.505. The lowest BCUT2D eigenvalue weighted by atomic mass is 10.1. The molecule has 2 amide bonds. The standard InChI is InChI=1S/C15H19N3O4/c1-16-14(20)13(3-2-6-19)18-9-11-5-4-10(8-17-22)7-12(11)15(18)21/h4-7,13,17,22H,2-3,8-9H2,1H3,(H,16,20). The minimum absolute atomic E-state index is 0.220. The van der Waals surface area contributed by atoms with Crippen LogP contribution in [0.3, 0.4) is 0 Å². The molecule has 1 unspecified atom stereocenters. The molecule has 7 nitrogen and oxygen atoms in total. The van der Waals surface area contributed by atoms with Crippen molar-refractivity contribution in [3.8, 4) is 0 Å². The lowest BCUT2D eigenvalue weighted by Gasteiger charge is -2.25. The van der Waals surface area contributed by atoms with E-state index >= 15 is 0 Å². The number of carbonyl (C=O) groups excluding carboxylic acids is 3. The van der Waals surface area contributed by atoms with Gasteiger partial charge in [-0.3, -0.25) is 9.59 Å². The van der Waals surface area contributed by atoms with Crippen LogP contribution in [0.5, 0.6) is 0 Å². The number of rotatable bonds is 7. The molecule has 1 aromatic rings. The zero-order valence-electron chi connectivity index (χ0n) is 12.3. The van der Waals surface area contributed by atoms with Crippen LogP contribution in [0.2, 0.25) is 0 Å². The van der Waals surface area contributed by atoms with Gasteiger partial charge >= 0.3 is 0 Å². The zero-order valence-corrected chi connectivity index (χ0v) is 12.3. The molecule has 0 aromatic heterocycles. The maximum Gasteiger partial charge on any atom is 0.255 e. The third kappa shape index (κ3) is 3.15. The second-order valence-electron chi connectivity index (χ2n) is 5.13. The van der Waals surface area contributed by atoms with Crippen molar-refractivity contribution in [3.05, 3.63) is 34.9 Å². The van der Waals surface area contributed by atoms with Crippen LogP contribution in [0.4, 0.5) is 0 Å². The Balaban J connectivity index is 2.24. The maximum atomic E-state index is 12.6. The normalized spacial score (nSPS) is 14.6. The molecule has 2 rings (SSSR count). The molecule has 22 heavy (non-hydrogen) atoms. The molecule has 0 radical (unpaired) electrons. The SMILES string of the molecule is CNC(=O)C(CCC=O)N1Cc2ccc(CNO)cc2C1=O. The maximum absolute atomic E-state index is 12.6. The van der Waals surface area contributed by atoms with E-state index in [1.807, 2.05) is 12.1 Å².